The van der Waals surface area contributed by atoms with E-state index in [1.54, 1.807) is 14.2 Å². The summed E-state index contributed by atoms with van der Waals surface area (Å²) in [6, 6.07) is 7.98. The van der Waals surface area contributed by atoms with Gasteiger partial charge in [-0.2, -0.15) is 0 Å². The number of rotatable bonds is 10. The van der Waals surface area contributed by atoms with Gasteiger partial charge in [0, 0.05) is 33.2 Å². The van der Waals surface area contributed by atoms with Gasteiger partial charge in [-0.3, -0.25) is 4.99 Å². The van der Waals surface area contributed by atoms with Crippen LogP contribution in [0, 0.1) is 0 Å². The standard InChI is InChI=1S/C17H30N4O3S.HI/c1-5-21(25(4,22)23)14-6-12-19-17(18-2)20-13-11-15-7-9-16(24-3)10-8-15;/h7-10H,5-6,11-14H2,1-4H3,(H2,18,19,20);1H. The Balaban J connectivity index is 0.00000625. The third-order valence-corrected chi connectivity index (χ3v) is 5.17. The van der Waals surface area contributed by atoms with Crippen molar-refractivity contribution in [3.8, 4) is 5.75 Å². The van der Waals surface area contributed by atoms with Crippen LogP contribution in [-0.4, -0.2) is 65.3 Å². The molecule has 1 aromatic carbocycles. The molecule has 2 N–H and O–H groups in total. The van der Waals surface area contributed by atoms with E-state index in [0.29, 0.717) is 19.6 Å². The summed E-state index contributed by atoms with van der Waals surface area (Å²) in [5.41, 5.74) is 1.22. The summed E-state index contributed by atoms with van der Waals surface area (Å²) in [5, 5.41) is 6.46. The predicted octanol–water partition coefficient (Wildman–Crippen LogP) is 1.69. The number of hydrogen-bond acceptors (Lipinski definition) is 4. The third-order valence-electron chi connectivity index (χ3n) is 3.79. The maximum absolute atomic E-state index is 11.5. The van der Waals surface area contributed by atoms with Crippen molar-refractivity contribution in [1.29, 1.82) is 0 Å². The van der Waals surface area contributed by atoms with Crippen LogP contribution in [0.15, 0.2) is 29.3 Å². The second-order valence-corrected chi connectivity index (χ2v) is 7.61. The highest BCUT2D eigenvalue weighted by Crippen LogP contribution is 2.11. The first-order valence-electron chi connectivity index (χ1n) is 8.43. The highest BCUT2D eigenvalue weighted by Gasteiger charge is 2.13. The first kappa shape index (κ1) is 24.9. The molecule has 0 bridgehead atoms. The second kappa shape index (κ2) is 13.2. The first-order chi connectivity index (χ1) is 11.9. The maximum Gasteiger partial charge on any atom is 0.211 e. The van der Waals surface area contributed by atoms with Crippen LogP contribution in [0.5, 0.6) is 5.75 Å². The molecule has 0 heterocycles. The minimum absolute atomic E-state index is 0. The molecule has 0 amide bonds. The first-order valence-corrected chi connectivity index (χ1v) is 10.3. The van der Waals surface area contributed by atoms with Crippen LogP contribution in [0.4, 0.5) is 0 Å². The third kappa shape index (κ3) is 9.58. The second-order valence-electron chi connectivity index (χ2n) is 5.63. The molecule has 0 aliphatic carbocycles. The Kier molecular flexibility index (Phi) is 12.6. The lowest BCUT2D eigenvalue weighted by Gasteiger charge is -2.18. The highest BCUT2D eigenvalue weighted by molar-refractivity contribution is 14.0. The fourth-order valence-electron chi connectivity index (χ4n) is 2.36. The van der Waals surface area contributed by atoms with Gasteiger partial charge in [0.1, 0.15) is 5.75 Å². The lowest BCUT2D eigenvalue weighted by atomic mass is 10.1. The van der Waals surface area contributed by atoms with Gasteiger partial charge in [0.05, 0.1) is 13.4 Å². The molecule has 9 heteroatoms. The molecule has 7 nitrogen and oxygen atoms in total. The SMILES string of the molecule is CCN(CCCNC(=NC)NCCc1ccc(OC)cc1)S(C)(=O)=O.I. The van der Waals surface area contributed by atoms with E-state index in [9.17, 15) is 8.42 Å². The topological polar surface area (TPSA) is 83.0 Å². The zero-order valence-corrected chi connectivity index (χ0v) is 19.1. The number of nitrogens with one attached hydrogen (secondary N) is 2. The van der Waals surface area contributed by atoms with E-state index in [0.717, 1.165) is 31.1 Å². The molecule has 0 atom stereocenters. The number of guanidine groups is 1. The Morgan fingerprint density at radius 3 is 2.31 bits per heavy atom. The molecule has 0 fully saturated rings. The Hall–Kier alpha value is -1.07. The molecular weight excluding hydrogens is 467 g/mol. The van der Waals surface area contributed by atoms with Crippen LogP contribution in [0.1, 0.15) is 18.9 Å². The van der Waals surface area contributed by atoms with Gasteiger partial charge in [-0.15, -0.1) is 24.0 Å². The van der Waals surface area contributed by atoms with Crippen molar-refractivity contribution in [3.05, 3.63) is 29.8 Å². The zero-order chi connectivity index (χ0) is 18.7. The van der Waals surface area contributed by atoms with Gasteiger partial charge in [0.2, 0.25) is 10.0 Å². The number of nitrogens with zero attached hydrogens (tertiary/aromatic N) is 2. The molecule has 0 radical (unpaired) electrons. The molecule has 1 aromatic rings. The number of halogens is 1. The fourth-order valence-corrected chi connectivity index (χ4v) is 3.29. The molecular formula is C17H31IN4O3S. The maximum atomic E-state index is 11.5. The predicted molar refractivity (Wildman–Crippen MR) is 118 cm³/mol. The number of methoxy groups -OCH3 is 1. The molecule has 0 saturated carbocycles. The summed E-state index contributed by atoms with van der Waals surface area (Å²) in [6.45, 7) is 4.26. The Morgan fingerprint density at radius 1 is 1.19 bits per heavy atom. The van der Waals surface area contributed by atoms with Crippen LogP contribution in [0.2, 0.25) is 0 Å². The molecule has 0 spiro atoms. The van der Waals surface area contributed by atoms with Crippen LogP contribution in [0.3, 0.4) is 0 Å². The number of sulfonamides is 1. The average molecular weight is 498 g/mol. The normalized spacial score (nSPS) is 11.8. The summed E-state index contributed by atoms with van der Waals surface area (Å²) in [4.78, 5) is 4.17. The van der Waals surface area contributed by atoms with Crippen LogP contribution >= 0.6 is 24.0 Å². The van der Waals surface area contributed by atoms with Gasteiger partial charge in [0.25, 0.3) is 0 Å². The van der Waals surface area contributed by atoms with E-state index >= 15 is 0 Å². The van der Waals surface area contributed by atoms with E-state index in [4.69, 9.17) is 4.74 Å². The lowest BCUT2D eigenvalue weighted by molar-refractivity contribution is 0.414. The van der Waals surface area contributed by atoms with Crippen molar-refractivity contribution >= 4 is 40.0 Å². The van der Waals surface area contributed by atoms with Gasteiger partial charge in [-0.1, -0.05) is 19.1 Å². The van der Waals surface area contributed by atoms with Crippen molar-refractivity contribution < 1.29 is 13.2 Å². The largest absolute Gasteiger partial charge is 0.497 e. The minimum Gasteiger partial charge on any atom is -0.497 e. The summed E-state index contributed by atoms with van der Waals surface area (Å²) in [7, 11) is 0.254. The molecule has 0 aromatic heterocycles. The van der Waals surface area contributed by atoms with E-state index in [1.807, 2.05) is 31.2 Å². The molecule has 150 valence electrons. The molecule has 1 rings (SSSR count). The van der Waals surface area contributed by atoms with Gasteiger partial charge >= 0.3 is 0 Å². The summed E-state index contributed by atoms with van der Waals surface area (Å²) < 4.78 is 29.7. The van der Waals surface area contributed by atoms with Crippen LogP contribution < -0.4 is 15.4 Å². The smallest absolute Gasteiger partial charge is 0.211 e. The van der Waals surface area contributed by atoms with Gasteiger partial charge in [-0.05, 0) is 30.5 Å². The quantitative estimate of drug-likeness (QED) is 0.222. The van der Waals surface area contributed by atoms with E-state index < -0.39 is 10.0 Å². The number of aliphatic imine (C=N–C) groups is 1. The molecule has 0 unspecified atom stereocenters. The fraction of sp³-hybridized carbons (Fsp3) is 0.588. The summed E-state index contributed by atoms with van der Waals surface area (Å²) >= 11 is 0. The number of benzene rings is 1. The van der Waals surface area contributed by atoms with E-state index in [1.165, 1.54) is 16.1 Å². The van der Waals surface area contributed by atoms with Crippen LogP contribution in [0.25, 0.3) is 0 Å². The van der Waals surface area contributed by atoms with Gasteiger partial charge < -0.3 is 15.4 Å². The Morgan fingerprint density at radius 2 is 1.81 bits per heavy atom. The molecule has 0 aliphatic heterocycles. The van der Waals surface area contributed by atoms with Crippen molar-refractivity contribution in [2.75, 3.05) is 46.6 Å². The lowest BCUT2D eigenvalue weighted by Crippen LogP contribution is -2.40. The average Bonchev–Trinajstić information content (AvgIpc) is 2.59. The molecule has 0 saturated heterocycles. The minimum atomic E-state index is -3.12. The summed E-state index contributed by atoms with van der Waals surface area (Å²) in [6.07, 6.45) is 2.84. The zero-order valence-electron chi connectivity index (χ0n) is 16.0. The molecule has 0 aliphatic rings. The van der Waals surface area contributed by atoms with Crippen LogP contribution in [-0.2, 0) is 16.4 Å². The van der Waals surface area contributed by atoms with Gasteiger partial charge in [0.15, 0.2) is 5.96 Å². The number of ether oxygens (including phenoxy) is 1. The monoisotopic (exact) mass is 498 g/mol. The Labute approximate surface area is 174 Å². The summed E-state index contributed by atoms with van der Waals surface area (Å²) in [5.74, 6) is 1.57. The van der Waals surface area contributed by atoms with E-state index in [-0.39, 0.29) is 24.0 Å². The van der Waals surface area contributed by atoms with Crippen molar-refractivity contribution in [1.82, 2.24) is 14.9 Å². The molecule has 26 heavy (non-hydrogen) atoms. The Bertz CT molecular complexity index is 636. The van der Waals surface area contributed by atoms with Crippen molar-refractivity contribution in [2.45, 2.75) is 19.8 Å². The number of hydrogen-bond donors (Lipinski definition) is 2. The van der Waals surface area contributed by atoms with Gasteiger partial charge in [-0.25, -0.2) is 12.7 Å². The van der Waals surface area contributed by atoms with E-state index in [2.05, 4.69) is 15.6 Å². The van der Waals surface area contributed by atoms with Crippen molar-refractivity contribution in [2.24, 2.45) is 4.99 Å². The highest BCUT2D eigenvalue weighted by atomic mass is 127. The van der Waals surface area contributed by atoms with Crippen molar-refractivity contribution in [3.63, 3.8) is 0 Å².